The Balaban J connectivity index is 1.94. The van der Waals surface area contributed by atoms with E-state index < -0.39 is 17.2 Å². The largest absolute Gasteiger partial charge is 0.311 e. The normalized spacial score (nSPS) is 11.0. The number of aromatic nitrogens is 1. The first-order valence-corrected chi connectivity index (χ1v) is 9.88. The Labute approximate surface area is 178 Å². The molecule has 0 saturated heterocycles. The molecule has 0 fully saturated rings. The van der Waals surface area contributed by atoms with Gasteiger partial charge in [-0.25, -0.2) is 8.78 Å². The topological polar surface area (TPSA) is 42.3 Å². The van der Waals surface area contributed by atoms with E-state index in [1.54, 1.807) is 31.3 Å². The van der Waals surface area contributed by atoms with Crippen LogP contribution in [0.3, 0.4) is 0 Å². The second-order valence-corrected chi connectivity index (χ2v) is 7.21. The summed E-state index contributed by atoms with van der Waals surface area (Å²) in [7, 11) is 1.67. The molecule has 0 aliphatic rings. The number of nitrogens with zero attached hydrogens (tertiary/aromatic N) is 2. The van der Waals surface area contributed by atoms with Crippen molar-refractivity contribution >= 4 is 22.4 Å². The van der Waals surface area contributed by atoms with Gasteiger partial charge in [-0.2, -0.15) is 0 Å². The van der Waals surface area contributed by atoms with Crippen LogP contribution in [0, 0.1) is 11.6 Å². The van der Waals surface area contributed by atoms with E-state index in [0.29, 0.717) is 11.5 Å². The molecule has 0 saturated carbocycles. The zero-order chi connectivity index (χ0) is 22.1. The van der Waals surface area contributed by atoms with Crippen molar-refractivity contribution in [3.63, 3.8) is 0 Å². The van der Waals surface area contributed by atoms with Gasteiger partial charge in [0.25, 0.3) is 11.5 Å². The number of fused-ring (bicyclic) bond motifs is 1. The zero-order valence-corrected chi connectivity index (χ0v) is 17.1. The number of benzene rings is 3. The number of rotatable bonds is 4. The molecule has 0 spiro atoms. The minimum absolute atomic E-state index is 0.122. The van der Waals surface area contributed by atoms with E-state index in [9.17, 15) is 18.4 Å². The van der Waals surface area contributed by atoms with Crippen LogP contribution in [0.1, 0.15) is 22.8 Å². The number of carbonyl (C=O) groups excluding carboxylic acids is 1. The van der Waals surface area contributed by atoms with E-state index in [1.807, 2.05) is 31.2 Å². The second kappa shape index (κ2) is 8.14. The number of carbonyl (C=O) groups is 1. The highest BCUT2D eigenvalue weighted by atomic mass is 19.1. The summed E-state index contributed by atoms with van der Waals surface area (Å²) < 4.78 is 28.9. The molecule has 1 heterocycles. The predicted molar refractivity (Wildman–Crippen MR) is 118 cm³/mol. The summed E-state index contributed by atoms with van der Waals surface area (Å²) in [6, 6.07) is 17.2. The number of pyridine rings is 1. The molecule has 31 heavy (non-hydrogen) atoms. The molecular weight excluding hydrogens is 398 g/mol. The predicted octanol–water partition coefficient (Wildman–Crippen LogP) is 5.11. The number of aryl methyl sites for hydroxylation is 1. The Morgan fingerprint density at radius 1 is 0.968 bits per heavy atom. The lowest BCUT2D eigenvalue weighted by Crippen LogP contribution is -2.30. The highest BCUT2D eigenvalue weighted by Crippen LogP contribution is 2.25. The molecule has 4 aromatic rings. The number of anilines is 1. The van der Waals surface area contributed by atoms with Gasteiger partial charge >= 0.3 is 0 Å². The SMILES string of the molecule is CCc1ccccc1N(C)C(=O)c1cn(-c2ccc(F)cc2F)c(=O)c2ccccc12. The molecule has 4 nitrogen and oxygen atoms in total. The number of hydrogen-bond acceptors (Lipinski definition) is 2. The van der Waals surface area contributed by atoms with Gasteiger partial charge in [0, 0.05) is 35.8 Å². The summed E-state index contributed by atoms with van der Waals surface area (Å²) >= 11 is 0. The van der Waals surface area contributed by atoms with Crippen LogP contribution < -0.4 is 10.5 Å². The summed E-state index contributed by atoms with van der Waals surface area (Å²) in [5.41, 5.74) is 1.38. The molecule has 4 rings (SSSR count). The van der Waals surface area contributed by atoms with Crippen LogP contribution in [0.5, 0.6) is 0 Å². The van der Waals surface area contributed by atoms with E-state index in [1.165, 1.54) is 17.2 Å². The maximum atomic E-state index is 14.5. The molecule has 0 atom stereocenters. The quantitative estimate of drug-likeness (QED) is 0.462. The molecule has 0 aliphatic heterocycles. The Bertz CT molecular complexity index is 1360. The minimum Gasteiger partial charge on any atom is -0.311 e. The van der Waals surface area contributed by atoms with Gasteiger partial charge in [0.2, 0.25) is 0 Å². The van der Waals surface area contributed by atoms with E-state index in [2.05, 4.69) is 0 Å². The highest BCUT2D eigenvalue weighted by molar-refractivity contribution is 6.13. The molecule has 0 bridgehead atoms. The summed E-state index contributed by atoms with van der Waals surface area (Å²) in [6.07, 6.45) is 2.07. The van der Waals surface area contributed by atoms with Crippen molar-refractivity contribution in [1.82, 2.24) is 4.57 Å². The van der Waals surface area contributed by atoms with E-state index >= 15 is 0 Å². The summed E-state index contributed by atoms with van der Waals surface area (Å²) in [5.74, 6) is -1.98. The molecule has 0 aliphatic carbocycles. The molecule has 0 radical (unpaired) electrons. The lowest BCUT2D eigenvalue weighted by Gasteiger charge is -2.22. The van der Waals surface area contributed by atoms with Gasteiger partial charge in [-0.3, -0.25) is 14.2 Å². The lowest BCUT2D eigenvalue weighted by molar-refractivity contribution is 0.0994. The number of amides is 1. The fourth-order valence-electron chi connectivity index (χ4n) is 3.74. The van der Waals surface area contributed by atoms with E-state index in [-0.39, 0.29) is 22.5 Å². The van der Waals surface area contributed by atoms with Crippen molar-refractivity contribution < 1.29 is 13.6 Å². The first kappa shape index (κ1) is 20.5. The highest BCUT2D eigenvalue weighted by Gasteiger charge is 2.21. The van der Waals surface area contributed by atoms with Crippen LogP contribution in [-0.2, 0) is 6.42 Å². The Hall–Kier alpha value is -3.80. The molecule has 6 heteroatoms. The van der Waals surface area contributed by atoms with Gasteiger partial charge < -0.3 is 4.90 Å². The monoisotopic (exact) mass is 418 g/mol. The molecule has 1 aromatic heterocycles. The Morgan fingerprint density at radius 3 is 2.35 bits per heavy atom. The van der Waals surface area contributed by atoms with Gasteiger partial charge in [0.05, 0.1) is 11.3 Å². The van der Waals surface area contributed by atoms with E-state index in [4.69, 9.17) is 0 Å². The van der Waals surface area contributed by atoms with Gasteiger partial charge in [-0.15, -0.1) is 0 Å². The first-order chi connectivity index (χ1) is 14.9. The second-order valence-electron chi connectivity index (χ2n) is 7.21. The van der Waals surface area contributed by atoms with Crippen molar-refractivity contribution in [2.45, 2.75) is 13.3 Å². The lowest BCUT2D eigenvalue weighted by atomic mass is 10.0. The fraction of sp³-hybridized carbons (Fsp3) is 0.120. The number of hydrogen-bond donors (Lipinski definition) is 0. The molecular formula is C25H20F2N2O2. The van der Waals surface area contributed by atoms with Crippen LogP contribution in [-0.4, -0.2) is 17.5 Å². The molecule has 1 amide bonds. The third-order valence-corrected chi connectivity index (χ3v) is 5.36. The molecule has 156 valence electrons. The zero-order valence-electron chi connectivity index (χ0n) is 17.1. The summed E-state index contributed by atoms with van der Waals surface area (Å²) in [4.78, 5) is 28.1. The van der Waals surface area contributed by atoms with E-state index in [0.717, 1.165) is 28.3 Å². The Morgan fingerprint density at radius 2 is 1.65 bits per heavy atom. The fourth-order valence-corrected chi connectivity index (χ4v) is 3.74. The maximum Gasteiger partial charge on any atom is 0.263 e. The minimum atomic E-state index is -0.888. The average molecular weight is 418 g/mol. The molecule has 3 aromatic carbocycles. The summed E-state index contributed by atoms with van der Waals surface area (Å²) in [6.45, 7) is 2.00. The standard InChI is InChI=1S/C25H20F2N2O2/c1-3-16-8-4-7-11-22(16)28(2)24(30)20-15-29(23-13-12-17(26)14-21(23)27)25(31)19-10-6-5-9-18(19)20/h4-15H,3H2,1-2H3. The van der Waals surface area contributed by atoms with Gasteiger partial charge in [0.1, 0.15) is 11.6 Å². The van der Waals surface area contributed by atoms with Crippen LogP contribution in [0.4, 0.5) is 14.5 Å². The van der Waals surface area contributed by atoms with Crippen LogP contribution in [0.25, 0.3) is 16.5 Å². The summed E-state index contributed by atoms with van der Waals surface area (Å²) in [5, 5.41) is 0.742. The average Bonchev–Trinajstić information content (AvgIpc) is 2.79. The van der Waals surface area contributed by atoms with Crippen molar-refractivity contribution in [1.29, 1.82) is 0 Å². The van der Waals surface area contributed by atoms with Crippen molar-refractivity contribution in [3.05, 3.63) is 106 Å². The third-order valence-electron chi connectivity index (χ3n) is 5.36. The van der Waals surface area contributed by atoms with Gasteiger partial charge in [-0.1, -0.05) is 43.3 Å². The molecule has 0 N–H and O–H groups in total. The van der Waals surface area contributed by atoms with Crippen LogP contribution in [0.15, 0.2) is 77.7 Å². The van der Waals surface area contributed by atoms with Gasteiger partial charge in [-0.05, 0) is 36.2 Å². The van der Waals surface area contributed by atoms with Crippen molar-refractivity contribution in [3.8, 4) is 5.69 Å². The van der Waals surface area contributed by atoms with Crippen LogP contribution >= 0.6 is 0 Å². The van der Waals surface area contributed by atoms with Crippen molar-refractivity contribution in [2.24, 2.45) is 0 Å². The number of halogens is 2. The van der Waals surface area contributed by atoms with Gasteiger partial charge in [0.15, 0.2) is 0 Å². The smallest absolute Gasteiger partial charge is 0.263 e. The molecule has 0 unspecified atom stereocenters. The number of para-hydroxylation sites is 1. The first-order valence-electron chi connectivity index (χ1n) is 9.88. The Kier molecular flexibility index (Phi) is 5.38. The van der Waals surface area contributed by atoms with Crippen molar-refractivity contribution in [2.75, 3.05) is 11.9 Å². The third kappa shape index (κ3) is 3.61. The van der Waals surface area contributed by atoms with Crippen LogP contribution in [0.2, 0.25) is 0 Å². The maximum absolute atomic E-state index is 14.5.